The molecule has 0 radical (unpaired) electrons. The fourth-order valence-electron chi connectivity index (χ4n) is 3.43. The lowest BCUT2D eigenvalue weighted by Crippen LogP contribution is -2.30. The predicted octanol–water partition coefficient (Wildman–Crippen LogP) is 5.07. The molecule has 5 heteroatoms. The van der Waals surface area contributed by atoms with Gasteiger partial charge in [0.2, 0.25) is 5.91 Å². The molecule has 0 aliphatic carbocycles. The van der Waals surface area contributed by atoms with Crippen LogP contribution in [-0.4, -0.2) is 36.9 Å². The summed E-state index contributed by atoms with van der Waals surface area (Å²) in [5.41, 5.74) is 2.24. The van der Waals surface area contributed by atoms with Gasteiger partial charge in [0.1, 0.15) is 5.75 Å². The number of nitrogens with zero attached hydrogens (tertiary/aromatic N) is 1. The molecule has 0 aromatic heterocycles. The Morgan fingerprint density at radius 3 is 2.20 bits per heavy atom. The Morgan fingerprint density at radius 1 is 0.933 bits per heavy atom. The van der Waals surface area contributed by atoms with Crippen molar-refractivity contribution in [3.63, 3.8) is 0 Å². The number of benzene rings is 3. The Hall–Kier alpha value is -3.34. The van der Waals surface area contributed by atoms with E-state index in [2.05, 4.69) is 5.32 Å². The first-order chi connectivity index (χ1) is 14.5. The molecule has 3 aromatic carbocycles. The van der Waals surface area contributed by atoms with E-state index in [1.54, 1.807) is 36.3 Å². The lowest BCUT2D eigenvalue weighted by Gasteiger charge is -2.19. The average molecular weight is 405 g/mol. The van der Waals surface area contributed by atoms with Gasteiger partial charge in [-0.05, 0) is 73.5 Å². The molecule has 0 heterocycles. The van der Waals surface area contributed by atoms with Gasteiger partial charge in [-0.15, -0.1) is 0 Å². The molecule has 3 aromatic rings. The highest BCUT2D eigenvalue weighted by molar-refractivity contribution is 5.98. The summed E-state index contributed by atoms with van der Waals surface area (Å²) in [6.07, 6.45) is 0. The molecular formula is C25H28N2O3. The molecule has 5 nitrogen and oxygen atoms in total. The van der Waals surface area contributed by atoms with Crippen LogP contribution in [-0.2, 0) is 4.79 Å². The van der Waals surface area contributed by atoms with Crippen molar-refractivity contribution >= 4 is 28.3 Å². The maximum atomic E-state index is 12.8. The Morgan fingerprint density at radius 2 is 1.57 bits per heavy atom. The molecule has 1 atom stereocenters. The molecule has 0 saturated heterocycles. The highest BCUT2D eigenvalue weighted by Crippen LogP contribution is 2.26. The monoisotopic (exact) mass is 404 g/mol. The second-order valence-corrected chi connectivity index (χ2v) is 7.24. The van der Waals surface area contributed by atoms with Gasteiger partial charge in [-0.25, -0.2) is 0 Å². The summed E-state index contributed by atoms with van der Waals surface area (Å²) in [6.45, 7) is 7.15. The van der Waals surface area contributed by atoms with Crippen molar-refractivity contribution in [1.82, 2.24) is 4.90 Å². The highest BCUT2D eigenvalue weighted by atomic mass is 16.5. The van der Waals surface area contributed by atoms with Crippen LogP contribution in [0.2, 0.25) is 0 Å². The third-order valence-electron chi connectivity index (χ3n) is 5.41. The van der Waals surface area contributed by atoms with Crippen LogP contribution in [0.4, 0.5) is 5.69 Å². The van der Waals surface area contributed by atoms with E-state index in [0.29, 0.717) is 24.3 Å². The van der Waals surface area contributed by atoms with Crippen molar-refractivity contribution in [3.05, 3.63) is 71.8 Å². The van der Waals surface area contributed by atoms with Crippen molar-refractivity contribution in [3.8, 4) is 5.75 Å². The second-order valence-electron chi connectivity index (χ2n) is 7.24. The molecule has 1 N–H and O–H groups in total. The zero-order valence-electron chi connectivity index (χ0n) is 17.9. The first-order valence-corrected chi connectivity index (χ1v) is 10.2. The van der Waals surface area contributed by atoms with Gasteiger partial charge in [-0.2, -0.15) is 0 Å². The van der Waals surface area contributed by atoms with Gasteiger partial charge in [0.25, 0.3) is 5.91 Å². The zero-order valence-corrected chi connectivity index (χ0v) is 17.9. The third kappa shape index (κ3) is 4.62. The van der Waals surface area contributed by atoms with Crippen LogP contribution in [0.15, 0.2) is 60.7 Å². The Bertz CT molecular complexity index is 1040. The van der Waals surface area contributed by atoms with Crippen molar-refractivity contribution in [1.29, 1.82) is 0 Å². The molecule has 0 bridgehead atoms. The standard InChI is InChI=1S/C25H28N2O3/c1-5-27(6-2)25(29)18-9-12-22(13-10-18)26-24(28)17(3)19-7-8-21-16-23(30-4)14-11-20(21)15-19/h7-17H,5-6H2,1-4H3,(H,26,28). The van der Waals surface area contributed by atoms with E-state index in [1.165, 1.54) is 0 Å². The normalized spacial score (nSPS) is 11.7. The van der Waals surface area contributed by atoms with Gasteiger partial charge in [-0.3, -0.25) is 9.59 Å². The van der Waals surface area contributed by atoms with E-state index < -0.39 is 0 Å². The summed E-state index contributed by atoms with van der Waals surface area (Å²) in [5.74, 6) is 0.405. The number of amides is 2. The third-order valence-corrected chi connectivity index (χ3v) is 5.41. The number of carbonyl (C=O) groups is 2. The number of anilines is 1. The number of methoxy groups -OCH3 is 1. The van der Waals surface area contributed by atoms with Gasteiger partial charge in [0, 0.05) is 24.3 Å². The summed E-state index contributed by atoms with van der Waals surface area (Å²) < 4.78 is 5.27. The summed E-state index contributed by atoms with van der Waals surface area (Å²) in [6, 6.07) is 18.9. The average Bonchev–Trinajstić information content (AvgIpc) is 2.79. The largest absolute Gasteiger partial charge is 0.497 e. The van der Waals surface area contributed by atoms with Crippen LogP contribution in [0.25, 0.3) is 10.8 Å². The van der Waals surface area contributed by atoms with E-state index in [-0.39, 0.29) is 17.7 Å². The Labute approximate surface area is 177 Å². The topological polar surface area (TPSA) is 58.6 Å². The SMILES string of the molecule is CCN(CC)C(=O)c1ccc(NC(=O)C(C)c2ccc3cc(OC)ccc3c2)cc1. The first-order valence-electron chi connectivity index (χ1n) is 10.2. The molecule has 0 saturated carbocycles. The zero-order chi connectivity index (χ0) is 21.7. The van der Waals surface area contributed by atoms with E-state index in [1.807, 2.05) is 57.2 Å². The summed E-state index contributed by atoms with van der Waals surface area (Å²) >= 11 is 0. The van der Waals surface area contributed by atoms with E-state index in [9.17, 15) is 9.59 Å². The minimum Gasteiger partial charge on any atom is -0.497 e. The molecule has 30 heavy (non-hydrogen) atoms. The molecular weight excluding hydrogens is 376 g/mol. The van der Waals surface area contributed by atoms with Gasteiger partial charge in [-0.1, -0.05) is 24.3 Å². The molecule has 2 amide bonds. The number of carbonyl (C=O) groups excluding carboxylic acids is 2. The molecule has 156 valence electrons. The van der Waals surface area contributed by atoms with E-state index in [4.69, 9.17) is 4.74 Å². The lowest BCUT2D eigenvalue weighted by molar-refractivity contribution is -0.117. The Kier molecular flexibility index (Phi) is 6.72. The molecule has 0 spiro atoms. The minimum absolute atomic E-state index is 0.000890. The fraction of sp³-hybridized carbons (Fsp3) is 0.280. The highest BCUT2D eigenvalue weighted by Gasteiger charge is 2.17. The van der Waals surface area contributed by atoms with Gasteiger partial charge < -0.3 is 15.0 Å². The van der Waals surface area contributed by atoms with E-state index >= 15 is 0 Å². The fourth-order valence-corrected chi connectivity index (χ4v) is 3.43. The summed E-state index contributed by atoms with van der Waals surface area (Å²) in [7, 11) is 1.65. The van der Waals surface area contributed by atoms with Crippen molar-refractivity contribution in [2.24, 2.45) is 0 Å². The summed E-state index contributed by atoms with van der Waals surface area (Å²) in [5, 5.41) is 5.08. The number of nitrogens with one attached hydrogen (secondary N) is 1. The minimum atomic E-state index is -0.312. The van der Waals surface area contributed by atoms with Crippen LogP contribution >= 0.6 is 0 Å². The predicted molar refractivity (Wildman–Crippen MR) is 121 cm³/mol. The van der Waals surface area contributed by atoms with Crippen molar-refractivity contribution < 1.29 is 14.3 Å². The maximum absolute atomic E-state index is 12.8. The van der Waals surface area contributed by atoms with Crippen molar-refractivity contribution in [2.45, 2.75) is 26.7 Å². The number of rotatable bonds is 7. The molecule has 0 fully saturated rings. The van der Waals surface area contributed by atoms with Crippen LogP contribution in [0.1, 0.15) is 42.6 Å². The second kappa shape index (κ2) is 9.44. The quantitative estimate of drug-likeness (QED) is 0.598. The number of ether oxygens (including phenoxy) is 1. The Balaban J connectivity index is 1.71. The van der Waals surface area contributed by atoms with Crippen LogP contribution in [0.3, 0.4) is 0 Å². The maximum Gasteiger partial charge on any atom is 0.253 e. The molecule has 0 aliphatic rings. The number of hydrogen-bond donors (Lipinski definition) is 1. The van der Waals surface area contributed by atoms with Crippen LogP contribution < -0.4 is 10.1 Å². The number of hydrogen-bond acceptors (Lipinski definition) is 3. The van der Waals surface area contributed by atoms with Gasteiger partial charge in [0.15, 0.2) is 0 Å². The molecule has 0 aliphatic heterocycles. The summed E-state index contributed by atoms with van der Waals surface area (Å²) in [4.78, 5) is 26.9. The van der Waals surface area contributed by atoms with Gasteiger partial charge in [0.05, 0.1) is 13.0 Å². The van der Waals surface area contributed by atoms with Crippen LogP contribution in [0.5, 0.6) is 5.75 Å². The molecule has 3 rings (SSSR count). The van der Waals surface area contributed by atoms with Crippen molar-refractivity contribution in [2.75, 3.05) is 25.5 Å². The number of fused-ring (bicyclic) bond motifs is 1. The molecule has 1 unspecified atom stereocenters. The smallest absolute Gasteiger partial charge is 0.253 e. The van der Waals surface area contributed by atoms with E-state index in [0.717, 1.165) is 22.1 Å². The lowest BCUT2D eigenvalue weighted by atomic mass is 9.97. The van der Waals surface area contributed by atoms with Crippen LogP contribution in [0, 0.1) is 0 Å². The van der Waals surface area contributed by atoms with Gasteiger partial charge >= 0.3 is 0 Å². The first kappa shape index (κ1) is 21.4.